The molecular weight excluding hydrogens is 184 g/mol. The maximum absolute atomic E-state index is 5.98. The van der Waals surface area contributed by atoms with Crippen molar-refractivity contribution >= 4 is 16.6 Å². The zero-order valence-corrected chi connectivity index (χ0v) is 8.84. The smallest absolute Gasteiger partial charge is 0.0692 e. The van der Waals surface area contributed by atoms with Crippen LogP contribution in [0.3, 0.4) is 0 Å². The number of H-pyrrole nitrogens is 1. The molecule has 0 amide bonds. The average molecular weight is 200 g/mol. The summed E-state index contributed by atoms with van der Waals surface area (Å²) in [5, 5.41) is 1.34. The summed E-state index contributed by atoms with van der Waals surface area (Å²) in [4.78, 5) is 3.50. The van der Waals surface area contributed by atoms with Crippen molar-refractivity contribution < 1.29 is 0 Å². The number of aromatic amines is 1. The van der Waals surface area contributed by atoms with Crippen molar-refractivity contribution in [3.8, 4) is 0 Å². The van der Waals surface area contributed by atoms with Crippen LogP contribution < -0.4 is 5.73 Å². The minimum atomic E-state index is 0.876. The summed E-state index contributed by atoms with van der Waals surface area (Å²) < 4.78 is 0. The van der Waals surface area contributed by atoms with E-state index in [1.54, 1.807) is 0 Å². The molecule has 2 nitrogen and oxygen atoms in total. The van der Waals surface area contributed by atoms with Crippen LogP contribution in [0.4, 0.5) is 5.69 Å². The van der Waals surface area contributed by atoms with Gasteiger partial charge in [-0.25, -0.2) is 0 Å². The van der Waals surface area contributed by atoms with E-state index in [-0.39, 0.29) is 0 Å². The molecule has 2 heteroatoms. The fraction of sp³-hybridized carbons (Fsp3) is 0.385. The van der Waals surface area contributed by atoms with Crippen LogP contribution in [-0.2, 0) is 12.8 Å². The van der Waals surface area contributed by atoms with Crippen LogP contribution in [0.1, 0.15) is 30.5 Å². The molecule has 3 rings (SSSR count). The minimum Gasteiger partial charge on any atom is -0.397 e. The van der Waals surface area contributed by atoms with Gasteiger partial charge in [0.1, 0.15) is 0 Å². The third-order valence-corrected chi connectivity index (χ3v) is 3.42. The normalized spacial score (nSPS) is 16.3. The van der Waals surface area contributed by atoms with E-state index in [1.807, 2.05) is 6.07 Å². The molecule has 15 heavy (non-hydrogen) atoms. The van der Waals surface area contributed by atoms with Gasteiger partial charge in [-0.2, -0.15) is 0 Å². The SMILES string of the molecule is Nc1cccc2c3c([nH]c12)CCCCC3. The van der Waals surface area contributed by atoms with Crippen molar-refractivity contribution in [3.63, 3.8) is 0 Å². The predicted octanol–water partition coefficient (Wildman–Crippen LogP) is 3.02. The lowest BCUT2D eigenvalue weighted by atomic mass is 10.1. The third-order valence-electron chi connectivity index (χ3n) is 3.42. The number of nitrogens with one attached hydrogen (secondary N) is 1. The maximum atomic E-state index is 5.98. The predicted molar refractivity (Wildman–Crippen MR) is 64.0 cm³/mol. The molecule has 1 heterocycles. The number of benzene rings is 1. The highest BCUT2D eigenvalue weighted by Crippen LogP contribution is 2.30. The van der Waals surface area contributed by atoms with Gasteiger partial charge in [0.05, 0.1) is 11.2 Å². The van der Waals surface area contributed by atoms with E-state index in [9.17, 15) is 0 Å². The van der Waals surface area contributed by atoms with E-state index < -0.39 is 0 Å². The van der Waals surface area contributed by atoms with Crippen molar-refractivity contribution in [1.82, 2.24) is 4.98 Å². The van der Waals surface area contributed by atoms with Crippen LogP contribution in [0.25, 0.3) is 10.9 Å². The first-order valence-electron chi connectivity index (χ1n) is 5.74. The number of hydrogen-bond acceptors (Lipinski definition) is 1. The highest BCUT2D eigenvalue weighted by molar-refractivity contribution is 5.93. The summed E-state index contributed by atoms with van der Waals surface area (Å²) in [6.45, 7) is 0. The molecule has 1 aliphatic rings. The molecule has 0 saturated carbocycles. The molecule has 1 aromatic carbocycles. The van der Waals surface area contributed by atoms with E-state index in [2.05, 4.69) is 17.1 Å². The number of para-hydroxylation sites is 1. The molecule has 3 N–H and O–H groups in total. The first-order valence-corrected chi connectivity index (χ1v) is 5.74. The maximum Gasteiger partial charge on any atom is 0.0692 e. The Morgan fingerprint density at radius 3 is 2.87 bits per heavy atom. The third kappa shape index (κ3) is 1.32. The van der Waals surface area contributed by atoms with Gasteiger partial charge in [-0.05, 0) is 37.3 Å². The van der Waals surface area contributed by atoms with Crippen LogP contribution in [0.15, 0.2) is 18.2 Å². The summed E-state index contributed by atoms with van der Waals surface area (Å²) >= 11 is 0. The molecule has 1 aliphatic carbocycles. The van der Waals surface area contributed by atoms with Gasteiger partial charge in [-0.1, -0.05) is 18.6 Å². The van der Waals surface area contributed by atoms with Crippen LogP contribution in [0.5, 0.6) is 0 Å². The lowest BCUT2D eigenvalue weighted by molar-refractivity contribution is 0.708. The molecule has 0 saturated heterocycles. The summed E-state index contributed by atoms with van der Waals surface area (Å²) in [6, 6.07) is 6.21. The molecule has 2 aromatic rings. The molecule has 0 spiro atoms. The topological polar surface area (TPSA) is 41.8 Å². The minimum absolute atomic E-state index is 0.876. The van der Waals surface area contributed by atoms with Gasteiger partial charge in [-0.15, -0.1) is 0 Å². The fourth-order valence-corrected chi connectivity index (χ4v) is 2.63. The number of rotatable bonds is 0. The Balaban J connectivity index is 2.28. The van der Waals surface area contributed by atoms with Gasteiger partial charge in [0.15, 0.2) is 0 Å². The van der Waals surface area contributed by atoms with Gasteiger partial charge in [0.25, 0.3) is 0 Å². The zero-order valence-electron chi connectivity index (χ0n) is 8.84. The molecule has 78 valence electrons. The molecule has 0 radical (unpaired) electrons. The van der Waals surface area contributed by atoms with Gasteiger partial charge in [0, 0.05) is 11.1 Å². The highest BCUT2D eigenvalue weighted by Gasteiger charge is 2.14. The van der Waals surface area contributed by atoms with Crippen LogP contribution in [-0.4, -0.2) is 4.98 Å². The summed E-state index contributed by atoms with van der Waals surface area (Å²) in [7, 11) is 0. The molecule has 1 aromatic heterocycles. The van der Waals surface area contributed by atoms with Gasteiger partial charge in [0.2, 0.25) is 0 Å². The van der Waals surface area contributed by atoms with Gasteiger partial charge < -0.3 is 10.7 Å². The lowest BCUT2D eigenvalue weighted by Gasteiger charge is -1.98. The van der Waals surface area contributed by atoms with E-state index >= 15 is 0 Å². The number of anilines is 1. The zero-order chi connectivity index (χ0) is 10.3. The van der Waals surface area contributed by atoms with E-state index in [0.717, 1.165) is 11.2 Å². The molecule has 0 unspecified atom stereocenters. The van der Waals surface area contributed by atoms with Crippen molar-refractivity contribution in [2.45, 2.75) is 32.1 Å². The quantitative estimate of drug-likeness (QED) is 0.498. The Labute approximate surface area is 89.5 Å². The molecule has 0 bridgehead atoms. The number of nitrogens with two attached hydrogens (primary N) is 1. The van der Waals surface area contributed by atoms with Crippen molar-refractivity contribution in [2.24, 2.45) is 0 Å². The second-order valence-electron chi connectivity index (χ2n) is 4.41. The van der Waals surface area contributed by atoms with Crippen LogP contribution >= 0.6 is 0 Å². The Bertz CT molecular complexity index is 496. The second kappa shape index (κ2) is 3.30. The number of hydrogen-bond donors (Lipinski definition) is 2. The number of fused-ring (bicyclic) bond motifs is 3. The standard InChI is InChI=1S/C13H16N2/c14-11-7-4-6-10-9-5-2-1-3-8-12(9)15-13(10)11/h4,6-7,15H,1-3,5,8,14H2. The van der Waals surface area contributed by atoms with E-state index in [1.165, 1.54) is 48.7 Å². The average Bonchev–Trinajstić information content (AvgIpc) is 2.45. The lowest BCUT2D eigenvalue weighted by Crippen LogP contribution is -1.86. The molecule has 0 fully saturated rings. The van der Waals surface area contributed by atoms with Crippen molar-refractivity contribution in [3.05, 3.63) is 29.5 Å². The largest absolute Gasteiger partial charge is 0.397 e. The van der Waals surface area contributed by atoms with Crippen molar-refractivity contribution in [1.29, 1.82) is 0 Å². The Hall–Kier alpha value is -1.44. The molecule has 0 aliphatic heterocycles. The van der Waals surface area contributed by atoms with Crippen molar-refractivity contribution in [2.75, 3.05) is 5.73 Å². The van der Waals surface area contributed by atoms with Crippen LogP contribution in [0.2, 0.25) is 0 Å². The van der Waals surface area contributed by atoms with Crippen LogP contribution in [0, 0.1) is 0 Å². The summed E-state index contributed by atoms with van der Waals surface area (Å²) in [5.74, 6) is 0. The molecular formula is C13H16N2. The number of aromatic nitrogens is 1. The summed E-state index contributed by atoms with van der Waals surface area (Å²) in [5.41, 5.74) is 10.9. The Morgan fingerprint density at radius 1 is 1.07 bits per heavy atom. The first kappa shape index (κ1) is 8.84. The Morgan fingerprint density at radius 2 is 1.93 bits per heavy atom. The highest BCUT2D eigenvalue weighted by atomic mass is 14.8. The Kier molecular flexibility index (Phi) is 1.94. The van der Waals surface area contributed by atoms with Gasteiger partial charge in [-0.3, -0.25) is 0 Å². The molecule has 0 atom stereocenters. The summed E-state index contributed by atoms with van der Waals surface area (Å²) in [6.07, 6.45) is 6.36. The number of aryl methyl sites for hydroxylation is 2. The van der Waals surface area contributed by atoms with Gasteiger partial charge >= 0.3 is 0 Å². The van der Waals surface area contributed by atoms with E-state index in [4.69, 9.17) is 5.73 Å². The first-order chi connectivity index (χ1) is 7.36. The second-order valence-corrected chi connectivity index (χ2v) is 4.41. The fourth-order valence-electron chi connectivity index (χ4n) is 2.63. The van der Waals surface area contributed by atoms with E-state index in [0.29, 0.717) is 0 Å². The number of nitrogen functional groups attached to an aromatic ring is 1. The monoisotopic (exact) mass is 200 g/mol.